The van der Waals surface area contributed by atoms with Crippen LogP contribution in [0.15, 0.2) is 65.5 Å². The van der Waals surface area contributed by atoms with E-state index in [4.69, 9.17) is 4.74 Å². The summed E-state index contributed by atoms with van der Waals surface area (Å²) in [5.41, 5.74) is 1.30. The van der Waals surface area contributed by atoms with Crippen molar-refractivity contribution in [3.63, 3.8) is 0 Å². The first-order valence-electron chi connectivity index (χ1n) is 13.9. The number of H-pyrrole nitrogens is 1. The number of nitrogens with zero attached hydrogens (tertiary/aromatic N) is 3. The third kappa shape index (κ3) is 6.83. The van der Waals surface area contributed by atoms with Crippen molar-refractivity contribution < 1.29 is 4.74 Å². The standard InChI is InChI=1S/C18H13N4O2.3C4H9.Sn/c23-16-11-14(12-24-15-9-5-2-6-10-15)19-18-20-17(21-22(16)18)13-7-3-1-4-8-13;3*1-3-4-2;/h1-5,7-11H,12H2,(H,19,20,21);3*1,3-4H2,2H3;. The molecule has 0 bridgehead atoms. The van der Waals surface area contributed by atoms with Crippen molar-refractivity contribution in [2.45, 2.75) is 79.2 Å². The fourth-order valence-electron chi connectivity index (χ4n) is 5.15. The number of aromatic nitrogens is 4. The average molecular weight is 607 g/mol. The second kappa shape index (κ2) is 13.3. The molecule has 0 aliphatic carbocycles. The molecule has 0 spiro atoms. The van der Waals surface area contributed by atoms with E-state index in [1.54, 1.807) is 3.58 Å². The van der Waals surface area contributed by atoms with Crippen LogP contribution >= 0.6 is 0 Å². The molecule has 0 fully saturated rings. The van der Waals surface area contributed by atoms with Crippen LogP contribution in [0.2, 0.25) is 13.3 Å². The van der Waals surface area contributed by atoms with E-state index in [9.17, 15) is 4.79 Å². The maximum absolute atomic E-state index is 12.7. The fraction of sp³-hybridized carbons (Fsp3) is 0.433. The molecule has 37 heavy (non-hydrogen) atoms. The van der Waals surface area contributed by atoms with E-state index in [-0.39, 0.29) is 12.2 Å². The molecule has 2 heterocycles. The van der Waals surface area contributed by atoms with E-state index >= 15 is 0 Å². The van der Waals surface area contributed by atoms with Gasteiger partial charge >= 0.3 is 207 Å². The Hall–Kier alpha value is -2.61. The van der Waals surface area contributed by atoms with Crippen molar-refractivity contribution in [1.29, 1.82) is 0 Å². The van der Waals surface area contributed by atoms with Crippen LogP contribution in [0.1, 0.15) is 65.0 Å². The van der Waals surface area contributed by atoms with Crippen LogP contribution in [0.4, 0.5) is 0 Å². The van der Waals surface area contributed by atoms with Crippen LogP contribution in [-0.2, 0) is 6.61 Å². The number of hydrogen-bond donors (Lipinski definition) is 1. The van der Waals surface area contributed by atoms with Crippen molar-refractivity contribution >= 4 is 27.7 Å². The van der Waals surface area contributed by atoms with Gasteiger partial charge in [-0.15, -0.1) is 0 Å². The quantitative estimate of drug-likeness (QED) is 0.162. The van der Waals surface area contributed by atoms with Gasteiger partial charge in [-0.25, -0.2) is 0 Å². The molecule has 0 aliphatic rings. The van der Waals surface area contributed by atoms with Gasteiger partial charge in [0.25, 0.3) is 0 Å². The number of benzene rings is 2. The minimum absolute atomic E-state index is 0.194. The number of nitrogens with one attached hydrogen (secondary N) is 1. The second-order valence-electron chi connectivity index (χ2n) is 10.1. The Morgan fingerprint density at radius 3 is 2.16 bits per heavy atom. The third-order valence-electron chi connectivity index (χ3n) is 7.29. The number of aromatic amines is 1. The van der Waals surface area contributed by atoms with Crippen molar-refractivity contribution in [3.8, 4) is 17.1 Å². The molecule has 0 amide bonds. The zero-order chi connectivity index (χ0) is 26.1. The molecule has 2 aromatic heterocycles. The monoisotopic (exact) mass is 608 g/mol. The molecule has 0 saturated heterocycles. The van der Waals surface area contributed by atoms with E-state index in [2.05, 4.69) is 54.0 Å². The molecule has 0 aliphatic heterocycles. The second-order valence-corrected chi connectivity index (χ2v) is 23.3. The predicted molar refractivity (Wildman–Crippen MR) is 154 cm³/mol. The van der Waals surface area contributed by atoms with Crippen molar-refractivity contribution in [3.05, 3.63) is 76.7 Å². The molecule has 1 N–H and O–H groups in total. The Bertz CT molecular complexity index is 1310. The van der Waals surface area contributed by atoms with E-state index in [0.29, 0.717) is 17.3 Å². The van der Waals surface area contributed by atoms with E-state index in [0.717, 1.165) is 11.3 Å². The molecule has 4 rings (SSSR count). The number of hydrogen-bond acceptors (Lipinski definition) is 4. The van der Waals surface area contributed by atoms with Crippen molar-refractivity contribution in [2.24, 2.45) is 0 Å². The molecule has 6 nitrogen and oxygen atoms in total. The Morgan fingerprint density at radius 2 is 1.51 bits per heavy atom. The summed E-state index contributed by atoms with van der Waals surface area (Å²) >= 11 is -2.54. The van der Waals surface area contributed by atoms with Gasteiger partial charge < -0.3 is 0 Å². The molecule has 0 unspecified atom stereocenters. The first kappa shape index (κ1) is 27.4. The predicted octanol–water partition coefficient (Wildman–Crippen LogP) is 6.72. The summed E-state index contributed by atoms with van der Waals surface area (Å²) in [6, 6.07) is 20.1. The summed E-state index contributed by atoms with van der Waals surface area (Å²) in [6.07, 6.45) is 7.77. The molecule has 196 valence electrons. The van der Waals surface area contributed by atoms with Crippen molar-refractivity contribution in [2.75, 3.05) is 0 Å². The summed E-state index contributed by atoms with van der Waals surface area (Å²) in [7, 11) is 0. The van der Waals surface area contributed by atoms with Crippen molar-refractivity contribution in [1.82, 2.24) is 19.6 Å². The van der Waals surface area contributed by atoms with E-state index in [1.807, 2.05) is 36.4 Å². The maximum atomic E-state index is 12.7. The summed E-state index contributed by atoms with van der Waals surface area (Å²) in [4.78, 5) is 21.9. The zero-order valence-electron chi connectivity index (χ0n) is 22.5. The van der Waals surface area contributed by atoms with Gasteiger partial charge in [-0.1, -0.05) is 18.2 Å². The number of fused-ring (bicyclic) bond motifs is 1. The summed E-state index contributed by atoms with van der Waals surface area (Å²) in [5, 5.41) is 3.05. The number of ether oxygens (including phenoxy) is 1. The van der Waals surface area contributed by atoms with Crippen LogP contribution in [-0.4, -0.2) is 38.0 Å². The Balaban J connectivity index is 1.56. The normalized spacial score (nSPS) is 11.8. The third-order valence-corrected chi connectivity index (χ3v) is 22.9. The Morgan fingerprint density at radius 1 is 0.838 bits per heavy atom. The zero-order valence-corrected chi connectivity index (χ0v) is 25.4. The molecule has 4 aromatic rings. The molecule has 0 radical (unpaired) electrons. The van der Waals surface area contributed by atoms with Gasteiger partial charge in [-0.3, -0.25) is 0 Å². The van der Waals surface area contributed by atoms with Gasteiger partial charge in [0.2, 0.25) is 0 Å². The summed E-state index contributed by atoms with van der Waals surface area (Å²) < 4.78 is 13.5. The van der Waals surface area contributed by atoms with E-state index < -0.39 is 18.4 Å². The van der Waals surface area contributed by atoms with Gasteiger partial charge in [-0.2, -0.15) is 0 Å². The number of unbranched alkanes of at least 4 members (excludes halogenated alkanes) is 3. The molecule has 0 atom stereocenters. The van der Waals surface area contributed by atoms with Gasteiger partial charge in [0, 0.05) is 0 Å². The van der Waals surface area contributed by atoms with Crippen LogP contribution < -0.4 is 13.9 Å². The van der Waals surface area contributed by atoms with Gasteiger partial charge in [0.1, 0.15) is 0 Å². The van der Waals surface area contributed by atoms with Crippen LogP contribution in [0.5, 0.6) is 5.75 Å². The number of rotatable bonds is 14. The molecule has 2 aromatic carbocycles. The minimum atomic E-state index is -2.54. The fourth-order valence-corrected chi connectivity index (χ4v) is 21.2. The molecular formula is C30H40N4O2Sn. The SMILES string of the molecule is CCC[CH2][Sn]([CH2]CCC)([CH2]CCC)[c]1cccc(OCc2cc(=O)n3[nH]c(-c4ccccc4)nc3n2)c1. The van der Waals surface area contributed by atoms with Gasteiger partial charge in [0.15, 0.2) is 0 Å². The Labute approximate surface area is 224 Å². The summed E-state index contributed by atoms with van der Waals surface area (Å²) in [6.45, 7) is 7.17. The van der Waals surface area contributed by atoms with Crippen LogP contribution in [0, 0.1) is 0 Å². The Kier molecular flexibility index (Phi) is 9.83. The van der Waals surface area contributed by atoms with Gasteiger partial charge in [-0.05, 0) is 0 Å². The first-order valence-corrected chi connectivity index (χ1v) is 21.3. The summed E-state index contributed by atoms with van der Waals surface area (Å²) in [5.74, 6) is 1.84. The molecule has 7 heteroatoms. The van der Waals surface area contributed by atoms with Gasteiger partial charge in [0.05, 0.1) is 0 Å². The topological polar surface area (TPSA) is 72.3 Å². The molecule has 0 saturated carbocycles. The molecular weight excluding hydrogens is 567 g/mol. The van der Waals surface area contributed by atoms with E-state index in [1.165, 1.54) is 62.4 Å². The van der Waals surface area contributed by atoms with Crippen LogP contribution in [0.3, 0.4) is 0 Å². The van der Waals surface area contributed by atoms with Crippen LogP contribution in [0.25, 0.3) is 17.2 Å². The average Bonchev–Trinajstić information content (AvgIpc) is 3.37. The first-order chi connectivity index (χ1) is 18.1.